The van der Waals surface area contributed by atoms with Crippen LogP contribution in [0.15, 0.2) is 47.6 Å². The normalized spacial score (nSPS) is 11.2. The van der Waals surface area contributed by atoms with Crippen LogP contribution in [0.25, 0.3) is 0 Å². The van der Waals surface area contributed by atoms with Gasteiger partial charge < -0.3 is 15.5 Å². The summed E-state index contributed by atoms with van der Waals surface area (Å²) in [6, 6.07) is 12.2. The lowest BCUT2D eigenvalue weighted by Crippen LogP contribution is -2.38. The summed E-state index contributed by atoms with van der Waals surface area (Å²) in [4.78, 5) is 22.9. The molecule has 6 heteroatoms. The Bertz CT molecular complexity index is 753. The number of carbonyl (C=O) groups is 1. The van der Waals surface area contributed by atoms with Gasteiger partial charge in [-0.25, -0.2) is 4.98 Å². The highest BCUT2D eigenvalue weighted by Gasteiger charge is 2.08. The second-order valence-electron chi connectivity index (χ2n) is 6.60. The fourth-order valence-corrected chi connectivity index (χ4v) is 2.52. The first-order chi connectivity index (χ1) is 13.0. The van der Waals surface area contributed by atoms with E-state index in [1.54, 1.807) is 12.3 Å². The molecule has 1 aromatic carbocycles. The number of hydrogen-bond donors (Lipinski definition) is 2. The van der Waals surface area contributed by atoms with Crippen LogP contribution in [-0.2, 0) is 11.3 Å². The number of aliphatic imine (C=N–C) groups is 1. The van der Waals surface area contributed by atoms with Crippen molar-refractivity contribution >= 4 is 17.7 Å². The Kier molecular flexibility index (Phi) is 7.79. The maximum atomic E-state index is 12.1. The van der Waals surface area contributed by atoms with Gasteiger partial charge >= 0.3 is 0 Å². The molecule has 0 aliphatic carbocycles. The van der Waals surface area contributed by atoms with Crippen molar-refractivity contribution in [3.05, 3.63) is 59.3 Å². The number of aryl methyl sites for hydroxylation is 2. The average molecular weight is 367 g/mol. The minimum absolute atomic E-state index is 0.0906. The quantitative estimate of drug-likeness (QED) is 0.583. The molecule has 2 aromatic rings. The molecular formula is C21H29N5O. The molecule has 144 valence electrons. The van der Waals surface area contributed by atoms with Gasteiger partial charge in [0.15, 0.2) is 5.96 Å². The lowest BCUT2D eigenvalue weighted by molar-refractivity contribution is -0.116. The van der Waals surface area contributed by atoms with Gasteiger partial charge in [0.05, 0.1) is 6.54 Å². The predicted molar refractivity (Wildman–Crippen MR) is 111 cm³/mol. The number of pyridine rings is 1. The zero-order valence-electron chi connectivity index (χ0n) is 16.6. The first kappa shape index (κ1) is 20.4. The van der Waals surface area contributed by atoms with E-state index >= 15 is 0 Å². The standard InChI is InChI=1S/C21H29N5O/c1-5-22-21(26(4)15-18-9-6-16(2)7-10-18)23-13-12-20(27)25-19-11-8-17(3)14-24-19/h6-11,14H,5,12-13,15H2,1-4H3,(H,22,23)(H,24,25,27). The summed E-state index contributed by atoms with van der Waals surface area (Å²) < 4.78 is 0. The first-order valence-electron chi connectivity index (χ1n) is 9.25. The highest BCUT2D eigenvalue weighted by molar-refractivity contribution is 5.90. The Morgan fingerprint density at radius 2 is 1.81 bits per heavy atom. The average Bonchev–Trinajstić information content (AvgIpc) is 2.65. The molecule has 0 radical (unpaired) electrons. The van der Waals surface area contributed by atoms with E-state index in [9.17, 15) is 4.79 Å². The van der Waals surface area contributed by atoms with Crippen molar-refractivity contribution in [2.24, 2.45) is 4.99 Å². The molecule has 0 fully saturated rings. The van der Waals surface area contributed by atoms with Crippen LogP contribution in [0, 0.1) is 13.8 Å². The minimum Gasteiger partial charge on any atom is -0.357 e. The molecule has 0 saturated carbocycles. The number of rotatable bonds is 7. The summed E-state index contributed by atoms with van der Waals surface area (Å²) in [5, 5.41) is 6.07. The Labute approximate surface area is 161 Å². The maximum absolute atomic E-state index is 12.1. The Balaban J connectivity index is 1.88. The van der Waals surface area contributed by atoms with Crippen LogP contribution < -0.4 is 10.6 Å². The predicted octanol–water partition coefficient (Wildman–Crippen LogP) is 3.12. The molecule has 0 bridgehead atoms. The number of benzene rings is 1. The van der Waals surface area contributed by atoms with Crippen molar-refractivity contribution in [1.29, 1.82) is 0 Å². The lowest BCUT2D eigenvalue weighted by atomic mass is 10.1. The molecule has 2 rings (SSSR count). The fraction of sp³-hybridized carbons (Fsp3) is 0.381. The van der Waals surface area contributed by atoms with E-state index < -0.39 is 0 Å². The zero-order valence-corrected chi connectivity index (χ0v) is 16.6. The van der Waals surface area contributed by atoms with Gasteiger partial charge in [-0.2, -0.15) is 0 Å². The van der Waals surface area contributed by atoms with E-state index in [1.165, 1.54) is 11.1 Å². The van der Waals surface area contributed by atoms with Crippen molar-refractivity contribution in [3.8, 4) is 0 Å². The first-order valence-corrected chi connectivity index (χ1v) is 9.25. The molecule has 0 spiro atoms. The molecule has 1 heterocycles. The second kappa shape index (κ2) is 10.3. The molecule has 6 nitrogen and oxygen atoms in total. The SMILES string of the molecule is CCNC(=NCCC(=O)Nc1ccc(C)cn1)N(C)Cc1ccc(C)cc1. The van der Waals surface area contributed by atoms with Crippen LogP contribution >= 0.6 is 0 Å². The molecule has 0 unspecified atom stereocenters. The van der Waals surface area contributed by atoms with Crippen molar-refractivity contribution < 1.29 is 4.79 Å². The smallest absolute Gasteiger partial charge is 0.227 e. The van der Waals surface area contributed by atoms with Crippen LogP contribution in [0.5, 0.6) is 0 Å². The van der Waals surface area contributed by atoms with E-state index in [1.807, 2.05) is 27.0 Å². The van der Waals surface area contributed by atoms with Crippen LogP contribution in [-0.4, -0.2) is 41.9 Å². The highest BCUT2D eigenvalue weighted by Crippen LogP contribution is 2.07. The summed E-state index contributed by atoms with van der Waals surface area (Å²) in [5.74, 6) is 1.27. The number of anilines is 1. The van der Waals surface area contributed by atoms with Gasteiger partial charge in [0.2, 0.25) is 5.91 Å². The molecule has 1 amide bonds. The van der Waals surface area contributed by atoms with E-state index in [0.29, 0.717) is 18.8 Å². The van der Waals surface area contributed by atoms with E-state index in [2.05, 4.69) is 56.7 Å². The van der Waals surface area contributed by atoms with Gasteiger partial charge in [-0.1, -0.05) is 35.9 Å². The number of carbonyl (C=O) groups excluding carboxylic acids is 1. The summed E-state index contributed by atoms with van der Waals surface area (Å²) in [5.41, 5.74) is 3.53. The van der Waals surface area contributed by atoms with Crippen molar-refractivity contribution in [2.75, 3.05) is 25.5 Å². The van der Waals surface area contributed by atoms with Crippen molar-refractivity contribution in [2.45, 2.75) is 33.7 Å². The summed E-state index contributed by atoms with van der Waals surface area (Å²) in [6.07, 6.45) is 2.04. The molecule has 0 aliphatic rings. The summed E-state index contributed by atoms with van der Waals surface area (Å²) in [6.45, 7) is 8.02. The van der Waals surface area contributed by atoms with Crippen LogP contribution in [0.2, 0.25) is 0 Å². The topological polar surface area (TPSA) is 69.6 Å². The van der Waals surface area contributed by atoms with Crippen LogP contribution in [0.3, 0.4) is 0 Å². The van der Waals surface area contributed by atoms with Gasteiger partial charge in [0.1, 0.15) is 5.82 Å². The Morgan fingerprint density at radius 3 is 2.44 bits per heavy atom. The number of aromatic nitrogens is 1. The number of nitrogens with one attached hydrogen (secondary N) is 2. The Morgan fingerprint density at radius 1 is 1.11 bits per heavy atom. The van der Waals surface area contributed by atoms with Gasteiger partial charge in [-0.3, -0.25) is 9.79 Å². The van der Waals surface area contributed by atoms with Gasteiger partial charge in [-0.15, -0.1) is 0 Å². The lowest BCUT2D eigenvalue weighted by Gasteiger charge is -2.22. The largest absolute Gasteiger partial charge is 0.357 e. The van der Waals surface area contributed by atoms with Crippen LogP contribution in [0.4, 0.5) is 5.82 Å². The molecule has 27 heavy (non-hydrogen) atoms. The third-order valence-corrected chi connectivity index (χ3v) is 4.02. The van der Waals surface area contributed by atoms with E-state index in [-0.39, 0.29) is 5.91 Å². The second-order valence-corrected chi connectivity index (χ2v) is 6.60. The van der Waals surface area contributed by atoms with Crippen LogP contribution in [0.1, 0.15) is 30.0 Å². The highest BCUT2D eigenvalue weighted by atomic mass is 16.1. The molecule has 0 aliphatic heterocycles. The van der Waals surface area contributed by atoms with Gasteiger partial charge in [0, 0.05) is 32.8 Å². The molecule has 2 N–H and O–H groups in total. The summed E-state index contributed by atoms with van der Waals surface area (Å²) in [7, 11) is 2.00. The molecule has 0 atom stereocenters. The minimum atomic E-state index is -0.0906. The molecule has 0 saturated heterocycles. The van der Waals surface area contributed by atoms with Crippen molar-refractivity contribution in [3.63, 3.8) is 0 Å². The number of amides is 1. The molecular weight excluding hydrogens is 338 g/mol. The van der Waals surface area contributed by atoms with Gasteiger partial charge in [-0.05, 0) is 38.0 Å². The third-order valence-electron chi connectivity index (χ3n) is 4.02. The maximum Gasteiger partial charge on any atom is 0.227 e. The number of nitrogens with zero attached hydrogens (tertiary/aromatic N) is 3. The fourth-order valence-electron chi connectivity index (χ4n) is 2.52. The number of guanidine groups is 1. The Hall–Kier alpha value is -2.89. The monoisotopic (exact) mass is 367 g/mol. The number of hydrogen-bond acceptors (Lipinski definition) is 3. The van der Waals surface area contributed by atoms with E-state index in [4.69, 9.17) is 0 Å². The zero-order chi connectivity index (χ0) is 19.6. The molecule has 1 aromatic heterocycles. The third kappa shape index (κ3) is 7.09. The summed E-state index contributed by atoms with van der Waals surface area (Å²) >= 11 is 0. The van der Waals surface area contributed by atoms with Gasteiger partial charge in [0.25, 0.3) is 0 Å². The van der Waals surface area contributed by atoms with Crippen molar-refractivity contribution in [1.82, 2.24) is 15.2 Å². The van der Waals surface area contributed by atoms with E-state index in [0.717, 1.165) is 24.6 Å².